The molecule has 1 atom stereocenters. The number of benzene rings is 1. The summed E-state index contributed by atoms with van der Waals surface area (Å²) in [5.74, 6) is 0.196. The van der Waals surface area contributed by atoms with Crippen molar-refractivity contribution >= 4 is 17.3 Å². The quantitative estimate of drug-likeness (QED) is 0.450. The van der Waals surface area contributed by atoms with Crippen molar-refractivity contribution in [2.24, 2.45) is 0 Å². The summed E-state index contributed by atoms with van der Waals surface area (Å²) >= 11 is 0. The molecule has 0 bridgehead atoms. The van der Waals surface area contributed by atoms with Gasteiger partial charge in [-0.15, -0.1) is 0 Å². The van der Waals surface area contributed by atoms with Crippen LogP contribution in [0.25, 0.3) is 11.3 Å². The summed E-state index contributed by atoms with van der Waals surface area (Å²) in [7, 11) is 2.19. The molecule has 0 amide bonds. The van der Waals surface area contributed by atoms with Crippen LogP contribution in [0.2, 0.25) is 0 Å². The molecule has 0 spiro atoms. The number of rotatable bonds is 8. The lowest BCUT2D eigenvalue weighted by atomic mass is 10.0. The summed E-state index contributed by atoms with van der Waals surface area (Å²) in [6, 6.07) is 6.08. The summed E-state index contributed by atoms with van der Waals surface area (Å²) in [4.78, 5) is 13.7. The highest BCUT2D eigenvalue weighted by atomic mass is 19.1. The van der Waals surface area contributed by atoms with E-state index in [0.29, 0.717) is 29.5 Å². The van der Waals surface area contributed by atoms with Crippen molar-refractivity contribution in [1.82, 2.24) is 24.6 Å². The predicted molar refractivity (Wildman–Crippen MR) is 145 cm³/mol. The first-order valence-corrected chi connectivity index (χ1v) is 13.4. The number of anilines is 3. The van der Waals surface area contributed by atoms with Gasteiger partial charge in [0.15, 0.2) is 0 Å². The monoisotopic (exact) mass is 507 g/mol. The van der Waals surface area contributed by atoms with E-state index in [1.54, 1.807) is 6.20 Å². The molecule has 198 valence electrons. The fourth-order valence-corrected chi connectivity index (χ4v) is 5.31. The number of likely N-dealkylation sites (N-methyl/N-ethyl adjacent to an activating group) is 1. The lowest BCUT2D eigenvalue weighted by Gasteiger charge is -2.38. The summed E-state index contributed by atoms with van der Waals surface area (Å²) in [5.41, 5.74) is 3.98. The van der Waals surface area contributed by atoms with Crippen LogP contribution in [0.15, 0.2) is 36.8 Å². The normalized spacial score (nSPS) is 18.8. The van der Waals surface area contributed by atoms with Gasteiger partial charge in [0.1, 0.15) is 5.82 Å². The Morgan fingerprint density at radius 1 is 1.19 bits per heavy atom. The van der Waals surface area contributed by atoms with Gasteiger partial charge in [-0.25, -0.2) is 14.4 Å². The lowest BCUT2D eigenvalue weighted by molar-refractivity contribution is 0.0635. The zero-order valence-corrected chi connectivity index (χ0v) is 22.3. The van der Waals surface area contributed by atoms with Crippen LogP contribution in [-0.4, -0.2) is 70.1 Å². The van der Waals surface area contributed by atoms with Crippen molar-refractivity contribution in [3.05, 3.63) is 48.2 Å². The second-order valence-corrected chi connectivity index (χ2v) is 10.6. The Kier molecular flexibility index (Phi) is 7.71. The average molecular weight is 508 g/mol. The molecule has 1 N–H and O–H groups in total. The van der Waals surface area contributed by atoms with E-state index >= 15 is 4.39 Å². The third kappa shape index (κ3) is 5.93. The van der Waals surface area contributed by atoms with E-state index < -0.39 is 0 Å². The van der Waals surface area contributed by atoms with Crippen LogP contribution in [-0.2, 0) is 4.74 Å². The number of aromatic nitrogens is 4. The Balaban J connectivity index is 1.21. The molecule has 2 aliphatic heterocycles. The molecule has 0 saturated carbocycles. The van der Waals surface area contributed by atoms with Crippen LogP contribution < -0.4 is 10.2 Å². The third-order valence-corrected chi connectivity index (χ3v) is 7.52. The number of halogens is 1. The van der Waals surface area contributed by atoms with Crippen LogP contribution in [0.5, 0.6) is 0 Å². The van der Waals surface area contributed by atoms with Crippen LogP contribution in [0.1, 0.15) is 51.1 Å². The van der Waals surface area contributed by atoms with Gasteiger partial charge in [0.25, 0.3) is 0 Å². The van der Waals surface area contributed by atoms with Crippen molar-refractivity contribution in [1.29, 1.82) is 0 Å². The molecule has 1 unspecified atom stereocenters. The van der Waals surface area contributed by atoms with E-state index in [-0.39, 0.29) is 11.9 Å². The number of nitrogens with one attached hydrogen (secondary N) is 1. The molecule has 0 aliphatic carbocycles. The topological polar surface area (TPSA) is 71.3 Å². The molecule has 2 aromatic heterocycles. The molecule has 0 radical (unpaired) electrons. The highest BCUT2D eigenvalue weighted by molar-refractivity contribution is 5.65. The number of ether oxygens (including phenoxy) is 1. The summed E-state index contributed by atoms with van der Waals surface area (Å²) < 4.78 is 22.9. The largest absolute Gasteiger partial charge is 0.377 e. The Labute approximate surface area is 218 Å². The SMILES string of the molecule is Cc1cnc(Nc2ccc(N3CCC(N(C)CC4CCCO4)CC3)c(F)c2)nc1-c1cnn(C(C)C)c1. The van der Waals surface area contributed by atoms with Gasteiger partial charge in [-0.2, -0.15) is 5.10 Å². The number of nitrogens with zero attached hydrogens (tertiary/aromatic N) is 6. The molecule has 4 heterocycles. The van der Waals surface area contributed by atoms with E-state index in [2.05, 4.69) is 46.1 Å². The minimum absolute atomic E-state index is 0.235. The van der Waals surface area contributed by atoms with Crippen molar-refractivity contribution in [3.8, 4) is 11.3 Å². The Bertz CT molecular complexity index is 1200. The number of piperidine rings is 1. The molecule has 9 heteroatoms. The summed E-state index contributed by atoms with van der Waals surface area (Å²) in [6.07, 6.45) is 10.3. The van der Waals surface area contributed by atoms with E-state index in [0.717, 1.165) is 62.3 Å². The number of hydrogen-bond acceptors (Lipinski definition) is 7. The fraction of sp³-hybridized carbons (Fsp3) is 0.536. The van der Waals surface area contributed by atoms with Gasteiger partial charge in [0.05, 0.1) is 23.7 Å². The Morgan fingerprint density at radius 3 is 2.68 bits per heavy atom. The molecule has 3 aromatic rings. The van der Waals surface area contributed by atoms with Gasteiger partial charge in [-0.1, -0.05) is 0 Å². The van der Waals surface area contributed by atoms with Gasteiger partial charge in [0.2, 0.25) is 5.95 Å². The van der Waals surface area contributed by atoms with Crippen LogP contribution in [0, 0.1) is 12.7 Å². The standard InChI is InChI=1S/C28H38FN7O/c1-19(2)36-17-21(16-31-36)27-20(3)15-30-28(33-27)32-22-7-8-26(25(29)14-22)35-11-9-23(10-12-35)34(4)18-24-6-5-13-37-24/h7-8,14-17,19,23-24H,5-6,9-13,18H2,1-4H3,(H,30,32,33). The number of aryl methyl sites for hydroxylation is 1. The second kappa shape index (κ2) is 11.1. The Hall–Kier alpha value is -3.04. The van der Waals surface area contributed by atoms with Crippen LogP contribution in [0.3, 0.4) is 0 Å². The van der Waals surface area contributed by atoms with Crippen LogP contribution in [0.4, 0.5) is 21.7 Å². The molecular formula is C28H38FN7O. The third-order valence-electron chi connectivity index (χ3n) is 7.52. The molecule has 2 saturated heterocycles. The van der Waals surface area contributed by atoms with Gasteiger partial charge in [-0.3, -0.25) is 4.68 Å². The predicted octanol–water partition coefficient (Wildman–Crippen LogP) is 5.19. The van der Waals surface area contributed by atoms with E-state index in [9.17, 15) is 0 Å². The number of hydrogen-bond donors (Lipinski definition) is 1. The molecule has 5 rings (SSSR count). The molecule has 37 heavy (non-hydrogen) atoms. The highest BCUT2D eigenvalue weighted by Gasteiger charge is 2.27. The zero-order valence-electron chi connectivity index (χ0n) is 22.3. The smallest absolute Gasteiger partial charge is 0.227 e. The maximum Gasteiger partial charge on any atom is 0.227 e. The van der Waals surface area contributed by atoms with Crippen molar-refractivity contribution in [2.75, 3.05) is 43.5 Å². The second-order valence-electron chi connectivity index (χ2n) is 10.6. The van der Waals surface area contributed by atoms with E-state index in [1.807, 2.05) is 36.1 Å². The maximum absolute atomic E-state index is 15.2. The molecule has 1 aromatic carbocycles. The van der Waals surface area contributed by atoms with E-state index in [1.165, 1.54) is 12.5 Å². The Morgan fingerprint density at radius 2 is 2.00 bits per heavy atom. The fourth-order valence-electron chi connectivity index (χ4n) is 5.31. The van der Waals surface area contributed by atoms with Gasteiger partial charge in [-0.05, 0) is 77.3 Å². The van der Waals surface area contributed by atoms with Gasteiger partial charge >= 0.3 is 0 Å². The minimum Gasteiger partial charge on any atom is -0.377 e. The summed E-state index contributed by atoms with van der Waals surface area (Å²) in [5, 5.41) is 7.59. The minimum atomic E-state index is -0.235. The zero-order chi connectivity index (χ0) is 25.9. The first-order valence-electron chi connectivity index (χ1n) is 13.4. The molecule has 2 aliphatic rings. The molecule has 8 nitrogen and oxygen atoms in total. The average Bonchev–Trinajstić information content (AvgIpc) is 3.58. The van der Waals surface area contributed by atoms with Crippen molar-refractivity contribution in [3.63, 3.8) is 0 Å². The molecular weight excluding hydrogens is 469 g/mol. The molecule has 2 fully saturated rings. The first kappa shape index (κ1) is 25.6. The van der Waals surface area contributed by atoms with Crippen molar-refractivity contribution < 1.29 is 9.13 Å². The summed E-state index contributed by atoms with van der Waals surface area (Å²) in [6.45, 7) is 9.72. The van der Waals surface area contributed by atoms with Gasteiger partial charge < -0.3 is 19.9 Å². The van der Waals surface area contributed by atoms with Crippen molar-refractivity contribution in [2.45, 2.75) is 64.6 Å². The lowest BCUT2D eigenvalue weighted by Crippen LogP contribution is -2.45. The maximum atomic E-state index is 15.2. The van der Waals surface area contributed by atoms with E-state index in [4.69, 9.17) is 9.72 Å². The first-order chi connectivity index (χ1) is 17.9. The van der Waals surface area contributed by atoms with Crippen LogP contribution >= 0.6 is 0 Å². The highest BCUT2D eigenvalue weighted by Crippen LogP contribution is 2.29. The van der Waals surface area contributed by atoms with Gasteiger partial charge in [0, 0.05) is 62.0 Å².